The third-order valence-corrected chi connectivity index (χ3v) is 2.09. The number of hydrogen-bond donors (Lipinski definition) is 2. The van der Waals surface area contributed by atoms with E-state index in [-0.39, 0.29) is 0 Å². The summed E-state index contributed by atoms with van der Waals surface area (Å²) in [7, 11) is 0. The summed E-state index contributed by atoms with van der Waals surface area (Å²) in [6.45, 7) is 2.81. The Morgan fingerprint density at radius 1 is 1.50 bits per heavy atom. The number of rotatable bonds is 1. The number of anilines is 2. The van der Waals surface area contributed by atoms with Crippen LogP contribution in [0.5, 0.6) is 0 Å². The molecule has 14 heavy (non-hydrogen) atoms. The highest BCUT2D eigenvalue weighted by molar-refractivity contribution is 5.45. The van der Waals surface area contributed by atoms with Gasteiger partial charge < -0.3 is 15.4 Å². The molecule has 0 aromatic carbocycles. The lowest BCUT2D eigenvalue weighted by molar-refractivity contribution is 0.122. The number of nitrogens with two attached hydrogens (primary N) is 1. The molecule has 0 radical (unpaired) electrons. The van der Waals surface area contributed by atoms with E-state index < -0.39 is 5.69 Å². The van der Waals surface area contributed by atoms with Crippen LogP contribution in [0.4, 0.5) is 11.6 Å². The van der Waals surface area contributed by atoms with Gasteiger partial charge in [0.1, 0.15) is 11.6 Å². The van der Waals surface area contributed by atoms with Crippen molar-refractivity contribution in [2.45, 2.75) is 0 Å². The molecule has 0 saturated carbocycles. The van der Waals surface area contributed by atoms with Crippen LogP contribution in [-0.4, -0.2) is 36.3 Å². The number of aromatic amines is 1. The summed E-state index contributed by atoms with van der Waals surface area (Å²) in [4.78, 5) is 19.3. The zero-order valence-electron chi connectivity index (χ0n) is 7.69. The van der Waals surface area contributed by atoms with E-state index in [9.17, 15) is 4.79 Å². The lowest BCUT2D eigenvalue weighted by Gasteiger charge is -2.27. The van der Waals surface area contributed by atoms with Crippen molar-refractivity contribution < 1.29 is 4.74 Å². The van der Waals surface area contributed by atoms with E-state index in [0.29, 0.717) is 24.8 Å². The minimum Gasteiger partial charge on any atom is -0.385 e. The summed E-state index contributed by atoms with van der Waals surface area (Å²) in [6.07, 6.45) is 0. The van der Waals surface area contributed by atoms with Gasteiger partial charge in [-0.1, -0.05) is 0 Å². The monoisotopic (exact) mass is 196 g/mol. The molecule has 1 fully saturated rings. The molecule has 0 aliphatic carbocycles. The maximum Gasteiger partial charge on any atom is 0.348 e. The van der Waals surface area contributed by atoms with Gasteiger partial charge in [0, 0.05) is 19.2 Å². The average Bonchev–Trinajstić information content (AvgIpc) is 2.18. The van der Waals surface area contributed by atoms with Crippen molar-refractivity contribution in [1.82, 2.24) is 9.97 Å². The van der Waals surface area contributed by atoms with Gasteiger partial charge in [-0.15, -0.1) is 0 Å². The molecular weight excluding hydrogens is 184 g/mol. The molecule has 0 atom stereocenters. The fourth-order valence-electron chi connectivity index (χ4n) is 1.42. The van der Waals surface area contributed by atoms with Crippen LogP contribution >= 0.6 is 0 Å². The molecule has 6 nitrogen and oxygen atoms in total. The number of H-pyrrole nitrogens is 1. The molecule has 1 aliphatic heterocycles. The highest BCUT2D eigenvalue weighted by Crippen LogP contribution is 2.11. The van der Waals surface area contributed by atoms with Crippen LogP contribution in [0.3, 0.4) is 0 Å². The minimum atomic E-state index is -0.411. The van der Waals surface area contributed by atoms with Gasteiger partial charge in [0.25, 0.3) is 0 Å². The molecule has 1 saturated heterocycles. The first-order valence-electron chi connectivity index (χ1n) is 4.45. The molecule has 0 amide bonds. The van der Waals surface area contributed by atoms with E-state index in [2.05, 4.69) is 9.97 Å². The van der Waals surface area contributed by atoms with Crippen LogP contribution < -0.4 is 16.3 Å². The topological polar surface area (TPSA) is 84.2 Å². The van der Waals surface area contributed by atoms with E-state index in [1.165, 1.54) is 0 Å². The zero-order chi connectivity index (χ0) is 9.97. The van der Waals surface area contributed by atoms with Crippen molar-refractivity contribution in [2.24, 2.45) is 0 Å². The molecule has 0 unspecified atom stereocenters. The summed E-state index contributed by atoms with van der Waals surface area (Å²) in [5, 5.41) is 0. The van der Waals surface area contributed by atoms with E-state index in [1.807, 2.05) is 4.90 Å². The van der Waals surface area contributed by atoms with Gasteiger partial charge in [-0.3, -0.25) is 4.98 Å². The summed E-state index contributed by atoms with van der Waals surface area (Å²) < 4.78 is 5.20. The molecule has 3 N–H and O–H groups in total. The highest BCUT2D eigenvalue weighted by atomic mass is 16.5. The van der Waals surface area contributed by atoms with E-state index in [0.717, 1.165) is 13.1 Å². The second kappa shape index (κ2) is 3.67. The Morgan fingerprint density at radius 3 is 2.86 bits per heavy atom. The maximum absolute atomic E-state index is 11.0. The van der Waals surface area contributed by atoms with Crippen LogP contribution in [0.2, 0.25) is 0 Å². The number of hydrogen-bond acceptors (Lipinski definition) is 5. The van der Waals surface area contributed by atoms with Crippen molar-refractivity contribution in [3.05, 3.63) is 16.6 Å². The second-order valence-corrected chi connectivity index (χ2v) is 3.10. The SMILES string of the molecule is Nc1cc(N2CCOCC2)nc(=O)[nH]1. The van der Waals surface area contributed by atoms with Gasteiger partial charge in [-0.05, 0) is 0 Å². The first kappa shape index (κ1) is 9.01. The van der Waals surface area contributed by atoms with Gasteiger partial charge in [0.05, 0.1) is 13.2 Å². The molecule has 1 aromatic heterocycles. The van der Waals surface area contributed by atoms with Gasteiger partial charge >= 0.3 is 5.69 Å². The fourth-order valence-corrected chi connectivity index (χ4v) is 1.42. The smallest absolute Gasteiger partial charge is 0.348 e. The molecule has 1 aliphatic rings. The Balaban J connectivity index is 2.26. The van der Waals surface area contributed by atoms with Crippen LogP contribution in [0.15, 0.2) is 10.9 Å². The van der Waals surface area contributed by atoms with Crippen molar-refractivity contribution in [2.75, 3.05) is 36.9 Å². The first-order chi connectivity index (χ1) is 6.75. The Kier molecular flexibility index (Phi) is 2.36. The molecular formula is C8H12N4O2. The third kappa shape index (κ3) is 1.85. The van der Waals surface area contributed by atoms with Crippen molar-refractivity contribution in [1.29, 1.82) is 0 Å². The maximum atomic E-state index is 11.0. The van der Waals surface area contributed by atoms with Gasteiger partial charge in [0.15, 0.2) is 0 Å². The van der Waals surface area contributed by atoms with Gasteiger partial charge in [-0.25, -0.2) is 4.79 Å². The van der Waals surface area contributed by atoms with Crippen LogP contribution in [0.25, 0.3) is 0 Å². The fraction of sp³-hybridized carbons (Fsp3) is 0.500. The Bertz CT molecular complexity index is 370. The quantitative estimate of drug-likeness (QED) is 0.613. The Labute approximate surface area is 80.7 Å². The minimum absolute atomic E-state index is 0.339. The highest BCUT2D eigenvalue weighted by Gasteiger charge is 2.12. The normalized spacial score (nSPS) is 17.0. The van der Waals surface area contributed by atoms with Crippen LogP contribution in [-0.2, 0) is 4.74 Å². The standard InChI is InChI=1S/C8H12N4O2/c9-6-5-7(11-8(13)10-6)12-1-3-14-4-2-12/h5H,1-4H2,(H3,9,10,11,13). The number of nitrogen functional groups attached to an aromatic ring is 1. The molecule has 2 heterocycles. The van der Waals surface area contributed by atoms with E-state index in [1.54, 1.807) is 6.07 Å². The lowest BCUT2D eigenvalue weighted by atomic mass is 10.4. The molecule has 1 aromatic rings. The lowest BCUT2D eigenvalue weighted by Crippen LogP contribution is -2.37. The second-order valence-electron chi connectivity index (χ2n) is 3.10. The van der Waals surface area contributed by atoms with Crippen LogP contribution in [0.1, 0.15) is 0 Å². The number of nitrogens with one attached hydrogen (secondary N) is 1. The predicted octanol–water partition coefficient (Wildman–Crippen LogP) is -0.811. The van der Waals surface area contributed by atoms with Crippen molar-refractivity contribution in [3.8, 4) is 0 Å². The summed E-state index contributed by atoms with van der Waals surface area (Å²) in [6, 6.07) is 1.66. The number of nitrogens with zero attached hydrogens (tertiary/aromatic N) is 2. The largest absolute Gasteiger partial charge is 0.385 e. The number of aromatic nitrogens is 2. The summed E-state index contributed by atoms with van der Waals surface area (Å²) in [5.74, 6) is 0.959. The Morgan fingerprint density at radius 2 is 2.21 bits per heavy atom. The van der Waals surface area contributed by atoms with Crippen molar-refractivity contribution in [3.63, 3.8) is 0 Å². The summed E-state index contributed by atoms with van der Waals surface area (Å²) >= 11 is 0. The molecule has 0 spiro atoms. The first-order valence-corrected chi connectivity index (χ1v) is 4.45. The summed E-state index contributed by atoms with van der Waals surface area (Å²) in [5.41, 5.74) is 5.10. The van der Waals surface area contributed by atoms with Crippen molar-refractivity contribution >= 4 is 11.6 Å². The molecule has 0 bridgehead atoms. The molecule has 76 valence electrons. The van der Waals surface area contributed by atoms with E-state index >= 15 is 0 Å². The third-order valence-electron chi connectivity index (χ3n) is 2.09. The molecule has 2 rings (SSSR count). The van der Waals surface area contributed by atoms with Crippen LogP contribution in [0, 0.1) is 0 Å². The average molecular weight is 196 g/mol. The van der Waals surface area contributed by atoms with Gasteiger partial charge in [-0.2, -0.15) is 4.98 Å². The Hall–Kier alpha value is -1.56. The predicted molar refractivity (Wildman–Crippen MR) is 52.3 cm³/mol. The molecule has 6 heteroatoms. The van der Waals surface area contributed by atoms with Gasteiger partial charge in [0.2, 0.25) is 0 Å². The zero-order valence-corrected chi connectivity index (χ0v) is 7.69. The number of morpholine rings is 1. The number of ether oxygens (including phenoxy) is 1. The van der Waals surface area contributed by atoms with E-state index in [4.69, 9.17) is 10.5 Å².